The second-order valence-electron chi connectivity index (χ2n) is 4.50. The van der Waals surface area contributed by atoms with Crippen LogP contribution < -0.4 is 10.5 Å². The molecule has 0 bridgehead atoms. The Balaban J connectivity index is 1.84. The van der Waals surface area contributed by atoms with Gasteiger partial charge in [-0.15, -0.1) is 0 Å². The maximum atomic E-state index is 10.8. The number of hydrogen-bond donors (Lipinski definition) is 2. The first-order chi connectivity index (χ1) is 9.66. The molecule has 4 nitrogen and oxygen atoms in total. The number of ether oxygens (including phenoxy) is 1. The summed E-state index contributed by atoms with van der Waals surface area (Å²) in [7, 11) is 0. The van der Waals surface area contributed by atoms with Crippen molar-refractivity contribution in [3.8, 4) is 5.75 Å². The highest BCUT2D eigenvalue weighted by Crippen LogP contribution is 2.22. The predicted octanol–water partition coefficient (Wildman–Crippen LogP) is 2.98. The summed E-state index contributed by atoms with van der Waals surface area (Å²) in [5.41, 5.74) is 7.55. The zero-order valence-corrected chi connectivity index (χ0v) is 11.1. The monoisotopic (exact) mass is 271 g/mol. The second kappa shape index (κ2) is 6.61. The number of benzene rings is 2. The van der Waals surface area contributed by atoms with E-state index in [1.54, 1.807) is 6.07 Å². The summed E-state index contributed by atoms with van der Waals surface area (Å²) < 4.78 is 5.58. The second-order valence-corrected chi connectivity index (χ2v) is 4.50. The number of aromatic carboxylic acids is 1. The quantitative estimate of drug-likeness (QED) is 0.625. The van der Waals surface area contributed by atoms with E-state index in [4.69, 9.17) is 15.6 Å². The number of aryl methyl sites for hydroxylation is 1. The molecule has 3 N–H and O–H groups in total. The molecule has 0 fully saturated rings. The summed E-state index contributed by atoms with van der Waals surface area (Å²) in [6, 6.07) is 14.7. The smallest absolute Gasteiger partial charge is 0.335 e. The van der Waals surface area contributed by atoms with Crippen molar-refractivity contribution >= 4 is 11.7 Å². The lowest BCUT2D eigenvalue weighted by molar-refractivity contribution is 0.0697. The Morgan fingerprint density at radius 1 is 1.15 bits per heavy atom. The molecular weight excluding hydrogens is 254 g/mol. The van der Waals surface area contributed by atoms with Crippen LogP contribution in [0.25, 0.3) is 0 Å². The standard InChI is InChI=1S/C16H17NO3/c17-14-11-13(16(18)19)8-9-15(14)20-10-4-7-12-5-2-1-3-6-12/h1-3,5-6,8-9,11H,4,7,10,17H2,(H,18,19). The first-order valence-corrected chi connectivity index (χ1v) is 6.46. The third-order valence-corrected chi connectivity index (χ3v) is 2.97. The first-order valence-electron chi connectivity index (χ1n) is 6.46. The third kappa shape index (κ3) is 3.75. The lowest BCUT2D eigenvalue weighted by Crippen LogP contribution is -2.04. The normalized spacial score (nSPS) is 10.2. The van der Waals surface area contributed by atoms with Crippen LogP contribution in [0.5, 0.6) is 5.75 Å². The van der Waals surface area contributed by atoms with E-state index in [9.17, 15) is 4.79 Å². The maximum Gasteiger partial charge on any atom is 0.335 e. The Morgan fingerprint density at radius 3 is 2.55 bits per heavy atom. The predicted molar refractivity (Wildman–Crippen MR) is 78.1 cm³/mol. The summed E-state index contributed by atoms with van der Waals surface area (Å²) in [5.74, 6) is -0.463. The highest BCUT2D eigenvalue weighted by molar-refractivity contribution is 5.89. The van der Waals surface area contributed by atoms with E-state index >= 15 is 0 Å². The van der Waals surface area contributed by atoms with Crippen molar-refractivity contribution in [2.75, 3.05) is 12.3 Å². The molecule has 0 unspecified atom stereocenters. The van der Waals surface area contributed by atoms with Gasteiger partial charge < -0.3 is 15.6 Å². The molecule has 104 valence electrons. The van der Waals surface area contributed by atoms with Gasteiger partial charge in [-0.1, -0.05) is 30.3 Å². The van der Waals surface area contributed by atoms with Crippen LogP contribution in [0.1, 0.15) is 22.3 Å². The minimum Gasteiger partial charge on any atom is -0.491 e. The fraction of sp³-hybridized carbons (Fsp3) is 0.188. The number of anilines is 1. The van der Waals surface area contributed by atoms with Gasteiger partial charge in [-0.05, 0) is 36.6 Å². The zero-order valence-electron chi connectivity index (χ0n) is 11.1. The van der Waals surface area contributed by atoms with Gasteiger partial charge in [-0.3, -0.25) is 0 Å². The molecule has 0 radical (unpaired) electrons. The molecule has 0 atom stereocenters. The van der Waals surface area contributed by atoms with Gasteiger partial charge in [0.2, 0.25) is 0 Å². The van der Waals surface area contributed by atoms with Gasteiger partial charge in [0, 0.05) is 0 Å². The minimum absolute atomic E-state index is 0.166. The van der Waals surface area contributed by atoms with Crippen LogP contribution in [0.4, 0.5) is 5.69 Å². The Morgan fingerprint density at radius 2 is 1.90 bits per heavy atom. The molecule has 2 rings (SSSR count). The average Bonchev–Trinajstić information content (AvgIpc) is 2.46. The average molecular weight is 271 g/mol. The molecular formula is C16H17NO3. The van der Waals surface area contributed by atoms with Crippen molar-refractivity contribution in [1.82, 2.24) is 0 Å². The van der Waals surface area contributed by atoms with E-state index < -0.39 is 5.97 Å². The summed E-state index contributed by atoms with van der Waals surface area (Å²) in [5, 5.41) is 8.84. The molecule has 0 saturated heterocycles. The van der Waals surface area contributed by atoms with Crippen molar-refractivity contribution in [3.05, 3.63) is 59.7 Å². The van der Waals surface area contributed by atoms with E-state index in [0.717, 1.165) is 12.8 Å². The van der Waals surface area contributed by atoms with E-state index in [1.807, 2.05) is 18.2 Å². The summed E-state index contributed by atoms with van der Waals surface area (Å²) in [6.07, 6.45) is 1.82. The minimum atomic E-state index is -0.993. The topological polar surface area (TPSA) is 72.6 Å². The van der Waals surface area contributed by atoms with Crippen LogP contribution in [-0.2, 0) is 6.42 Å². The van der Waals surface area contributed by atoms with Crippen molar-refractivity contribution < 1.29 is 14.6 Å². The number of hydrogen-bond acceptors (Lipinski definition) is 3. The molecule has 0 amide bonds. The highest BCUT2D eigenvalue weighted by Gasteiger charge is 2.06. The number of rotatable bonds is 6. The Hall–Kier alpha value is -2.49. The fourth-order valence-corrected chi connectivity index (χ4v) is 1.92. The third-order valence-electron chi connectivity index (χ3n) is 2.97. The van der Waals surface area contributed by atoms with Crippen LogP contribution in [0, 0.1) is 0 Å². The Bertz CT molecular complexity index is 582. The van der Waals surface area contributed by atoms with E-state index in [2.05, 4.69) is 12.1 Å². The highest BCUT2D eigenvalue weighted by atomic mass is 16.5. The van der Waals surface area contributed by atoms with E-state index in [0.29, 0.717) is 18.0 Å². The van der Waals surface area contributed by atoms with Crippen molar-refractivity contribution in [1.29, 1.82) is 0 Å². The van der Waals surface area contributed by atoms with E-state index in [1.165, 1.54) is 17.7 Å². The van der Waals surface area contributed by atoms with Crippen LogP contribution in [-0.4, -0.2) is 17.7 Å². The van der Waals surface area contributed by atoms with Crippen LogP contribution >= 0.6 is 0 Å². The molecule has 0 aliphatic heterocycles. The fourth-order valence-electron chi connectivity index (χ4n) is 1.92. The van der Waals surface area contributed by atoms with Gasteiger partial charge in [0.1, 0.15) is 5.75 Å². The summed E-state index contributed by atoms with van der Waals surface area (Å²) >= 11 is 0. The molecule has 2 aromatic rings. The van der Waals surface area contributed by atoms with Crippen LogP contribution in [0.2, 0.25) is 0 Å². The number of nitrogens with two attached hydrogens (primary N) is 1. The summed E-state index contributed by atoms with van der Waals surface area (Å²) in [4.78, 5) is 10.8. The van der Waals surface area contributed by atoms with E-state index in [-0.39, 0.29) is 5.56 Å². The van der Waals surface area contributed by atoms with Gasteiger partial charge in [0.25, 0.3) is 0 Å². The number of carboxylic acids is 1. The van der Waals surface area contributed by atoms with Gasteiger partial charge in [-0.2, -0.15) is 0 Å². The molecule has 0 saturated carbocycles. The molecule has 0 aliphatic rings. The molecule has 0 aromatic heterocycles. The molecule has 20 heavy (non-hydrogen) atoms. The SMILES string of the molecule is Nc1cc(C(=O)O)ccc1OCCCc1ccccc1. The van der Waals surface area contributed by atoms with Crippen LogP contribution in [0.15, 0.2) is 48.5 Å². The number of carbonyl (C=O) groups is 1. The van der Waals surface area contributed by atoms with Gasteiger partial charge in [0.05, 0.1) is 17.9 Å². The first kappa shape index (κ1) is 13.9. The van der Waals surface area contributed by atoms with Crippen LogP contribution in [0.3, 0.4) is 0 Å². The molecule has 4 heteroatoms. The van der Waals surface area contributed by atoms with Gasteiger partial charge in [0.15, 0.2) is 0 Å². The number of carboxylic acid groups (broad SMARTS) is 1. The Labute approximate surface area is 117 Å². The van der Waals surface area contributed by atoms with Crippen molar-refractivity contribution in [2.24, 2.45) is 0 Å². The van der Waals surface area contributed by atoms with Crippen molar-refractivity contribution in [2.45, 2.75) is 12.8 Å². The van der Waals surface area contributed by atoms with Crippen molar-refractivity contribution in [3.63, 3.8) is 0 Å². The molecule has 2 aromatic carbocycles. The Kier molecular flexibility index (Phi) is 4.60. The molecule has 0 spiro atoms. The summed E-state index contributed by atoms with van der Waals surface area (Å²) in [6.45, 7) is 0.547. The zero-order chi connectivity index (χ0) is 14.4. The largest absolute Gasteiger partial charge is 0.491 e. The number of nitrogen functional groups attached to an aromatic ring is 1. The van der Waals surface area contributed by atoms with Gasteiger partial charge in [-0.25, -0.2) is 4.79 Å². The molecule has 0 heterocycles. The lowest BCUT2D eigenvalue weighted by Gasteiger charge is -2.09. The lowest BCUT2D eigenvalue weighted by atomic mass is 10.1. The van der Waals surface area contributed by atoms with Gasteiger partial charge >= 0.3 is 5.97 Å². The molecule has 0 aliphatic carbocycles. The maximum absolute atomic E-state index is 10.8.